The number of amides is 1. The van der Waals surface area contributed by atoms with Gasteiger partial charge >= 0.3 is 0 Å². The number of para-hydroxylation sites is 1. The molecule has 0 aliphatic rings. The maximum atomic E-state index is 11.9. The van der Waals surface area contributed by atoms with Crippen molar-refractivity contribution in [2.45, 2.75) is 13.0 Å². The van der Waals surface area contributed by atoms with E-state index in [9.17, 15) is 4.79 Å². The van der Waals surface area contributed by atoms with Gasteiger partial charge in [-0.05, 0) is 24.3 Å². The van der Waals surface area contributed by atoms with E-state index in [0.29, 0.717) is 29.6 Å². The number of carbonyl (C=O) groups excluding carboxylic acids is 1. The highest BCUT2D eigenvalue weighted by atomic mass is 35.5. The van der Waals surface area contributed by atoms with Crippen molar-refractivity contribution >= 4 is 34.8 Å². The van der Waals surface area contributed by atoms with Crippen molar-refractivity contribution in [1.29, 1.82) is 0 Å². The molecule has 6 heteroatoms. The first-order chi connectivity index (χ1) is 11.1. The number of hydrogen-bond acceptors (Lipinski definition) is 3. The maximum absolute atomic E-state index is 11.9. The van der Waals surface area contributed by atoms with Crippen LogP contribution in [0.4, 0.5) is 5.69 Å². The molecular weight excluding hydrogens is 335 g/mol. The second-order valence-electron chi connectivity index (χ2n) is 4.89. The van der Waals surface area contributed by atoms with Gasteiger partial charge in [-0.25, -0.2) is 0 Å². The Bertz CT molecular complexity index is 677. The van der Waals surface area contributed by atoms with Gasteiger partial charge in [0.2, 0.25) is 5.91 Å². The van der Waals surface area contributed by atoms with Crippen LogP contribution in [0.15, 0.2) is 42.5 Å². The van der Waals surface area contributed by atoms with Crippen LogP contribution in [0.5, 0.6) is 5.75 Å². The largest absolute Gasteiger partial charge is 0.496 e. The van der Waals surface area contributed by atoms with Gasteiger partial charge in [0.05, 0.1) is 17.8 Å². The summed E-state index contributed by atoms with van der Waals surface area (Å²) in [4.78, 5) is 11.9. The molecule has 4 nitrogen and oxygen atoms in total. The van der Waals surface area contributed by atoms with Crippen molar-refractivity contribution < 1.29 is 9.53 Å². The van der Waals surface area contributed by atoms with Gasteiger partial charge in [-0.3, -0.25) is 4.79 Å². The molecule has 0 saturated heterocycles. The van der Waals surface area contributed by atoms with Gasteiger partial charge in [-0.2, -0.15) is 0 Å². The predicted octanol–water partition coefficient (Wildman–Crippen LogP) is 4.12. The molecule has 0 spiro atoms. The van der Waals surface area contributed by atoms with Crippen LogP contribution in [0.25, 0.3) is 0 Å². The first kappa shape index (κ1) is 17.4. The monoisotopic (exact) mass is 352 g/mol. The molecule has 0 bridgehead atoms. The minimum Gasteiger partial charge on any atom is -0.496 e. The van der Waals surface area contributed by atoms with E-state index in [0.717, 1.165) is 17.0 Å². The Balaban J connectivity index is 1.77. The number of halogens is 2. The van der Waals surface area contributed by atoms with E-state index in [-0.39, 0.29) is 5.91 Å². The standard InChI is InChI=1S/C17H18Cl2N2O2/c1-23-16-5-3-2-4-12(16)11-21-17(22)8-9-20-15-7-6-13(18)10-14(15)19/h2-7,10,20H,8-9,11H2,1H3,(H,21,22). The second kappa shape index (κ2) is 8.65. The minimum absolute atomic E-state index is 0.0477. The third-order valence-corrected chi connectivity index (χ3v) is 3.81. The van der Waals surface area contributed by atoms with E-state index in [1.165, 1.54) is 0 Å². The van der Waals surface area contributed by atoms with Gasteiger partial charge in [0.25, 0.3) is 0 Å². The van der Waals surface area contributed by atoms with Crippen LogP contribution in [0.1, 0.15) is 12.0 Å². The highest BCUT2D eigenvalue weighted by Crippen LogP contribution is 2.25. The van der Waals surface area contributed by atoms with Crippen molar-refractivity contribution in [2.75, 3.05) is 19.0 Å². The summed E-state index contributed by atoms with van der Waals surface area (Å²) in [7, 11) is 1.61. The van der Waals surface area contributed by atoms with E-state index in [2.05, 4.69) is 10.6 Å². The summed E-state index contributed by atoms with van der Waals surface area (Å²) >= 11 is 11.9. The molecule has 0 saturated carbocycles. The Hall–Kier alpha value is -1.91. The molecule has 0 aromatic heterocycles. The molecule has 0 fully saturated rings. The van der Waals surface area contributed by atoms with Gasteiger partial charge in [-0.1, -0.05) is 41.4 Å². The number of methoxy groups -OCH3 is 1. The summed E-state index contributed by atoms with van der Waals surface area (Å²) in [6.45, 7) is 0.920. The molecule has 1 amide bonds. The Labute approximate surface area is 145 Å². The third-order valence-electron chi connectivity index (χ3n) is 3.27. The van der Waals surface area contributed by atoms with Gasteiger partial charge in [0.1, 0.15) is 5.75 Å². The van der Waals surface area contributed by atoms with E-state index in [1.54, 1.807) is 25.3 Å². The van der Waals surface area contributed by atoms with Gasteiger partial charge < -0.3 is 15.4 Å². The van der Waals surface area contributed by atoms with E-state index < -0.39 is 0 Å². The highest BCUT2D eigenvalue weighted by molar-refractivity contribution is 6.36. The first-order valence-electron chi connectivity index (χ1n) is 7.17. The van der Waals surface area contributed by atoms with Crippen LogP contribution in [0.2, 0.25) is 10.0 Å². The zero-order chi connectivity index (χ0) is 16.7. The summed E-state index contributed by atoms with van der Waals surface area (Å²) in [5, 5.41) is 7.10. The topological polar surface area (TPSA) is 50.4 Å². The summed E-state index contributed by atoms with van der Waals surface area (Å²) < 4.78 is 5.25. The lowest BCUT2D eigenvalue weighted by Gasteiger charge is -2.11. The molecular formula is C17H18Cl2N2O2. The van der Waals surface area contributed by atoms with Crippen molar-refractivity contribution in [1.82, 2.24) is 5.32 Å². The molecule has 2 rings (SSSR count). The Morgan fingerprint density at radius 2 is 1.96 bits per heavy atom. The first-order valence-corrected chi connectivity index (χ1v) is 7.93. The number of carbonyl (C=O) groups is 1. The van der Waals surface area contributed by atoms with Crippen LogP contribution in [0, 0.1) is 0 Å². The Morgan fingerprint density at radius 3 is 2.70 bits per heavy atom. The average molecular weight is 353 g/mol. The zero-order valence-electron chi connectivity index (χ0n) is 12.7. The van der Waals surface area contributed by atoms with E-state index >= 15 is 0 Å². The van der Waals surface area contributed by atoms with Gasteiger partial charge in [0, 0.05) is 30.1 Å². The highest BCUT2D eigenvalue weighted by Gasteiger charge is 2.06. The smallest absolute Gasteiger partial charge is 0.222 e. The molecule has 0 atom stereocenters. The molecule has 0 radical (unpaired) electrons. The lowest BCUT2D eigenvalue weighted by atomic mass is 10.2. The van der Waals surface area contributed by atoms with Crippen LogP contribution < -0.4 is 15.4 Å². The second-order valence-corrected chi connectivity index (χ2v) is 5.73. The van der Waals surface area contributed by atoms with Crippen LogP contribution in [-0.2, 0) is 11.3 Å². The fraction of sp³-hybridized carbons (Fsp3) is 0.235. The molecule has 0 aliphatic carbocycles. The zero-order valence-corrected chi connectivity index (χ0v) is 14.2. The van der Waals surface area contributed by atoms with E-state index in [1.807, 2.05) is 24.3 Å². The third kappa shape index (κ3) is 5.34. The van der Waals surface area contributed by atoms with Crippen LogP contribution >= 0.6 is 23.2 Å². The normalized spacial score (nSPS) is 10.2. The molecule has 2 aromatic carbocycles. The van der Waals surface area contributed by atoms with Crippen molar-refractivity contribution in [3.8, 4) is 5.75 Å². The SMILES string of the molecule is COc1ccccc1CNC(=O)CCNc1ccc(Cl)cc1Cl. The number of hydrogen-bond donors (Lipinski definition) is 2. The fourth-order valence-corrected chi connectivity index (χ4v) is 2.55. The number of nitrogens with one attached hydrogen (secondary N) is 2. The van der Waals surface area contributed by atoms with Crippen LogP contribution in [-0.4, -0.2) is 19.6 Å². The molecule has 0 unspecified atom stereocenters. The Morgan fingerprint density at radius 1 is 1.17 bits per heavy atom. The summed E-state index contributed by atoms with van der Waals surface area (Å²) in [6.07, 6.45) is 0.341. The average Bonchev–Trinajstić information content (AvgIpc) is 2.55. The number of rotatable bonds is 7. The molecule has 0 heterocycles. The molecule has 122 valence electrons. The fourth-order valence-electron chi connectivity index (χ4n) is 2.07. The lowest BCUT2D eigenvalue weighted by molar-refractivity contribution is -0.121. The molecule has 23 heavy (non-hydrogen) atoms. The van der Waals surface area contributed by atoms with Crippen molar-refractivity contribution in [3.05, 3.63) is 58.1 Å². The predicted molar refractivity (Wildman–Crippen MR) is 94.4 cm³/mol. The molecule has 0 aliphatic heterocycles. The quantitative estimate of drug-likeness (QED) is 0.787. The minimum atomic E-state index is -0.0477. The molecule has 2 N–H and O–H groups in total. The van der Waals surface area contributed by atoms with E-state index in [4.69, 9.17) is 27.9 Å². The summed E-state index contributed by atoms with van der Waals surface area (Å²) in [5.41, 5.74) is 1.70. The van der Waals surface area contributed by atoms with Crippen LogP contribution in [0.3, 0.4) is 0 Å². The summed E-state index contributed by atoms with van der Waals surface area (Å²) in [6, 6.07) is 12.8. The number of anilines is 1. The maximum Gasteiger partial charge on any atom is 0.222 e. The molecule has 2 aromatic rings. The number of ether oxygens (including phenoxy) is 1. The Kier molecular flexibility index (Phi) is 6.56. The van der Waals surface area contributed by atoms with Crippen molar-refractivity contribution in [3.63, 3.8) is 0 Å². The van der Waals surface area contributed by atoms with Gasteiger partial charge in [-0.15, -0.1) is 0 Å². The van der Waals surface area contributed by atoms with Crippen molar-refractivity contribution in [2.24, 2.45) is 0 Å². The lowest BCUT2D eigenvalue weighted by Crippen LogP contribution is -2.25. The summed E-state index contributed by atoms with van der Waals surface area (Å²) in [5.74, 6) is 0.715. The van der Waals surface area contributed by atoms with Gasteiger partial charge in [0.15, 0.2) is 0 Å². The number of benzene rings is 2.